The molecule has 0 radical (unpaired) electrons. The number of hydrogen-bond acceptors (Lipinski definition) is 4. The second-order valence-electron chi connectivity index (χ2n) is 16.4. The molecule has 0 unspecified atom stereocenters. The topological polar surface area (TPSA) is 19.0 Å². The molecule has 8 aromatic carbocycles. The van der Waals surface area contributed by atoms with Gasteiger partial charge in [-0.25, -0.2) is 0 Å². The number of rotatable bonds is 7. The van der Waals surface area contributed by atoms with Gasteiger partial charge in [0.15, 0.2) is 0 Å². The Hall–Kier alpha value is -6.98. The molecule has 2 aliphatic rings. The van der Waals surface area contributed by atoms with E-state index in [1.807, 2.05) is 0 Å². The van der Waals surface area contributed by atoms with E-state index in [2.05, 4.69) is 226 Å². The minimum Gasteiger partial charge on any atom is -0.458 e. The quantitative estimate of drug-likeness (QED) is 0.151. The highest BCUT2D eigenvalue weighted by Gasteiger charge is 2.43. The lowest BCUT2D eigenvalue weighted by molar-refractivity contribution is 0.488. The number of fused-ring (bicyclic) bond motifs is 4. The van der Waals surface area contributed by atoms with Crippen LogP contribution in [0.1, 0.15) is 33.4 Å². The van der Waals surface area contributed by atoms with E-state index in [4.69, 9.17) is 4.74 Å². The molecule has 0 amide bonds. The number of hydrogen-bond donors (Lipinski definition) is 0. The van der Waals surface area contributed by atoms with E-state index < -0.39 is 0 Å². The van der Waals surface area contributed by atoms with E-state index in [1.165, 1.54) is 50.0 Å². The Morgan fingerprint density at radius 3 is 1.29 bits per heavy atom. The van der Waals surface area contributed by atoms with Crippen molar-refractivity contribution in [2.24, 2.45) is 0 Å². The molecule has 0 atom stereocenters. The van der Waals surface area contributed by atoms with Crippen LogP contribution in [0.4, 0.5) is 51.2 Å². The minimum absolute atomic E-state index is 0.0390. The number of nitrogens with zero attached hydrogens (tertiary/aromatic N) is 3. The Balaban J connectivity index is 1.22. The fourth-order valence-corrected chi connectivity index (χ4v) is 8.75. The number of benzene rings is 8. The summed E-state index contributed by atoms with van der Waals surface area (Å²) < 4.78 is 7.29. The second-order valence-corrected chi connectivity index (χ2v) is 16.4. The predicted molar refractivity (Wildman–Crippen MR) is 250 cm³/mol. The predicted octanol–water partition coefficient (Wildman–Crippen LogP) is 12.9. The Kier molecular flexibility index (Phi) is 8.90. The van der Waals surface area contributed by atoms with Crippen molar-refractivity contribution in [1.29, 1.82) is 0 Å². The van der Waals surface area contributed by atoms with E-state index in [-0.39, 0.29) is 6.71 Å². The summed E-state index contributed by atoms with van der Waals surface area (Å²) in [7, 11) is 0. The first-order chi connectivity index (χ1) is 28.7. The van der Waals surface area contributed by atoms with Crippen LogP contribution in [0, 0.1) is 41.5 Å². The Morgan fingerprint density at radius 2 is 0.780 bits per heavy atom. The average Bonchev–Trinajstić information content (AvgIpc) is 3.24. The molecule has 10 rings (SSSR count). The van der Waals surface area contributed by atoms with E-state index in [1.54, 1.807) is 0 Å². The van der Waals surface area contributed by atoms with Gasteiger partial charge in [-0.05, 0) is 137 Å². The van der Waals surface area contributed by atoms with Gasteiger partial charge in [0.05, 0.1) is 5.69 Å². The van der Waals surface area contributed by atoms with Gasteiger partial charge in [-0.2, -0.15) is 0 Å². The van der Waals surface area contributed by atoms with Crippen LogP contribution in [0.5, 0.6) is 11.5 Å². The molecule has 2 aliphatic heterocycles. The van der Waals surface area contributed by atoms with Crippen LogP contribution < -0.4 is 35.8 Å². The van der Waals surface area contributed by atoms with Crippen LogP contribution >= 0.6 is 0 Å². The summed E-state index contributed by atoms with van der Waals surface area (Å²) in [6, 6.07) is 62.4. The molecule has 0 bridgehead atoms. The molecule has 0 aromatic heterocycles. The molecule has 59 heavy (non-hydrogen) atoms. The zero-order valence-corrected chi connectivity index (χ0v) is 34.5. The fraction of sp³-hybridized carbons (Fsp3) is 0.111. The third-order valence-corrected chi connectivity index (χ3v) is 11.9. The first kappa shape index (κ1) is 36.4. The van der Waals surface area contributed by atoms with Crippen LogP contribution in [0.25, 0.3) is 0 Å². The fourth-order valence-electron chi connectivity index (χ4n) is 8.75. The van der Waals surface area contributed by atoms with Crippen LogP contribution in [0.3, 0.4) is 0 Å². The maximum atomic E-state index is 7.29. The molecule has 286 valence electrons. The highest BCUT2D eigenvalue weighted by atomic mass is 16.5. The zero-order chi connectivity index (χ0) is 40.4. The lowest BCUT2D eigenvalue weighted by Crippen LogP contribution is -2.59. The summed E-state index contributed by atoms with van der Waals surface area (Å²) >= 11 is 0. The molecular formula is C54H46BN3O. The summed E-state index contributed by atoms with van der Waals surface area (Å²) in [5.74, 6) is 1.72. The standard InChI is InChI=1S/C54H46BN3O/c1-35-7-18-41(19-8-35)56(42-20-9-36(2)10-21-42)46-28-29-48-52(33-46)59-53-34-47(57(43-22-11-37(3)12-23-43)44-24-13-38(4)14-25-44)32-51-54(53)55(48)49-31-40(6)17-30-50(49)58(51)45-26-15-39(5)16-27-45/h7-34H,1-6H3. The molecule has 5 heteroatoms. The van der Waals surface area contributed by atoms with Crippen LogP contribution in [-0.4, -0.2) is 6.71 Å². The van der Waals surface area contributed by atoms with Crippen LogP contribution in [-0.2, 0) is 0 Å². The van der Waals surface area contributed by atoms with E-state index >= 15 is 0 Å². The van der Waals surface area contributed by atoms with Crippen molar-refractivity contribution >= 4 is 74.3 Å². The van der Waals surface area contributed by atoms with Gasteiger partial charge in [0.2, 0.25) is 0 Å². The number of anilines is 9. The van der Waals surface area contributed by atoms with Crippen molar-refractivity contribution in [2.45, 2.75) is 41.5 Å². The summed E-state index contributed by atoms with van der Waals surface area (Å²) in [4.78, 5) is 7.12. The first-order valence-electron chi connectivity index (χ1n) is 20.5. The molecule has 0 N–H and O–H groups in total. The molecule has 0 saturated heterocycles. The second kappa shape index (κ2) is 14.4. The van der Waals surface area contributed by atoms with Gasteiger partial charge in [-0.1, -0.05) is 112 Å². The summed E-state index contributed by atoms with van der Waals surface area (Å²) in [6.07, 6.45) is 0. The average molecular weight is 764 g/mol. The third-order valence-electron chi connectivity index (χ3n) is 11.9. The number of aryl methyl sites for hydroxylation is 6. The summed E-state index contributed by atoms with van der Waals surface area (Å²) in [5.41, 5.74) is 20.8. The smallest absolute Gasteiger partial charge is 0.256 e. The van der Waals surface area contributed by atoms with Gasteiger partial charge in [0, 0.05) is 57.6 Å². The maximum absolute atomic E-state index is 7.29. The molecule has 0 saturated carbocycles. The van der Waals surface area contributed by atoms with Gasteiger partial charge >= 0.3 is 0 Å². The third kappa shape index (κ3) is 6.53. The van der Waals surface area contributed by atoms with Crippen LogP contribution in [0.2, 0.25) is 0 Å². The number of ether oxygens (including phenoxy) is 1. The monoisotopic (exact) mass is 763 g/mol. The van der Waals surface area contributed by atoms with Crippen molar-refractivity contribution in [3.8, 4) is 11.5 Å². The Morgan fingerprint density at radius 1 is 0.356 bits per heavy atom. The van der Waals surface area contributed by atoms with Crippen molar-refractivity contribution in [3.05, 3.63) is 203 Å². The van der Waals surface area contributed by atoms with E-state index in [9.17, 15) is 0 Å². The van der Waals surface area contributed by atoms with Gasteiger partial charge in [-0.15, -0.1) is 0 Å². The molecule has 8 aromatic rings. The lowest BCUT2D eigenvalue weighted by atomic mass is 9.34. The van der Waals surface area contributed by atoms with Gasteiger partial charge in [-0.3, -0.25) is 0 Å². The van der Waals surface area contributed by atoms with Gasteiger partial charge < -0.3 is 19.4 Å². The highest BCUT2D eigenvalue weighted by Crippen LogP contribution is 2.47. The van der Waals surface area contributed by atoms with Crippen molar-refractivity contribution < 1.29 is 4.74 Å². The normalized spacial score (nSPS) is 12.3. The molecule has 4 nitrogen and oxygen atoms in total. The summed E-state index contributed by atoms with van der Waals surface area (Å²) in [5, 5.41) is 0. The van der Waals surface area contributed by atoms with Crippen LogP contribution in [0.15, 0.2) is 170 Å². The van der Waals surface area contributed by atoms with Crippen molar-refractivity contribution in [2.75, 3.05) is 14.7 Å². The minimum atomic E-state index is -0.0390. The van der Waals surface area contributed by atoms with Gasteiger partial charge in [0.1, 0.15) is 11.5 Å². The zero-order valence-electron chi connectivity index (χ0n) is 34.5. The van der Waals surface area contributed by atoms with E-state index in [0.717, 1.165) is 62.5 Å². The van der Waals surface area contributed by atoms with Crippen molar-refractivity contribution in [1.82, 2.24) is 0 Å². The van der Waals surface area contributed by atoms with Crippen molar-refractivity contribution in [3.63, 3.8) is 0 Å². The lowest BCUT2D eigenvalue weighted by Gasteiger charge is -2.41. The first-order valence-corrected chi connectivity index (χ1v) is 20.5. The molecule has 0 spiro atoms. The highest BCUT2D eigenvalue weighted by molar-refractivity contribution is 6.99. The summed E-state index contributed by atoms with van der Waals surface area (Å²) in [6.45, 7) is 12.9. The maximum Gasteiger partial charge on any atom is 0.256 e. The molecular weight excluding hydrogens is 717 g/mol. The largest absolute Gasteiger partial charge is 0.458 e. The van der Waals surface area contributed by atoms with E-state index in [0.29, 0.717) is 0 Å². The van der Waals surface area contributed by atoms with Gasteiger partial charge in [0.25, 0.3) is 6.71 Å². The molecule has 0 fully saturated rings. The molecule has 0 aliphatic carbocycles. The Bertz CT molecular complexity index is 2760. The molecule has 2 heterocycles. The SMILES string of the molecule is Cc1ccc(N(c2ccc(C)cc2)c2ccc3c(c2)Oc2cc(N(c4ccc(C)cc4)c4ccc(C)cc4)cc4c2B3c2cc(C)ccc2N4c2ccc(C)cc2)cc1. The Labute approximate surface area is 348 Å².